The lowest BCUT2D eigenvalue weighted by Crippen LogP contribution is -2.52. The van der Waals surface area contributed by atoms with Gasteiger partial charge in [-0.3, -0.25) is 4.79 Å². The molecule has 1 aliphatic carbocycles. The van der Waals surface area contributed by atoms with Crippen LogP contribution in [0.4, 0.5) is 19.0 Å². The number of carbonyl (C=O) groups is 1. The fourth-order valence-electron chi connectivity index (χ4n) is 4.81. The van der Waals surface area contributed by atoms with Crippen LogP contribution in [0.25, 0.3) is 4.91 Å². The first-order chi connectivity index (χ1) is 15.9. The number of aliphatic hydroxyl groups is 1. The van der Waals surface area contributed by atoms with Crippen molar-refractivity contribution in [1.29, 1.82) is 0 Å². The molecule has 2 fully saturated rings. The normalized spacial score (nSPS) is 22.3. The number of aromatic nitrogens is 1. The highest BCUT2D eigenvalue weighted by atomic mass is 32.2. The van der Waals surface area contributed by atoms with Gasteiger partial charge in [0.2, 0.25) is 0 Å². The summed E-state index contributed by atoms with van der Waals surface area (Å²) in [6.07, 6.45) is 2.62. The van der Waals surface area contributed by atoms with Crippen LogP contribution in [-0.2, 0) is 11.0 Å². The number of thioether (sulfide) groups is 1. The van der Waals surface area contributed by atoms with Crippen LogP contribution in [0.2, 0.25) is 0 Å². The van der Waals surface area contributed by atoms with Gasteiger partial charge in [-0.1, -0.05) is 19.3 Å². The second-order valence-corrected chi connectivity index (χ2v) is 11.1. The number of carbonyl (C=O) groups excluding carboxylic acids is 1. The van der Waals surface area contributed by atoms with Gasteiger partial charge in [-0.25, -0.2) is 4.98 Å². The van der Waals surface area contributed by atoms with Gasteiger partial charge < -0.3 is 20.2 Å². The molecule has 2 aliphatic heterocycles. The molecule has 2 N–H and O–H groups in total. The van der Waals surface area contributed by atoms with E-state index in [1.807, 2.05) is 6.92 Å². The van der Waals surface area contributed by atoms with E-state index in [0.717, 1.165) is 44.6 Å². The molecular formula is C24H33F3N4O2S. The molecule has 10 heteroatoms. The van der Waals surface area contributed by atoms with Crippen LogP contribution in [0.1, 0.15) is 70.4 Å². The summed E-state index contributed by atoms with van der Waals surface area (Å²) >= 11 is 1.19. The van der Waals surface area contributed by atoms with E-state index >= 15 is 0 Å². The Balaban J connectivity index is 1.74. The van der Waals surface area contributed by atoms with Crippen molar-refractivity contribution in [2.75, 3.05) is 24.3 Å². The van der Waals surface area contributed by atoms with Crippen molar-refractivity contribution in [2.24, 2.45) is 0 Å². The number of likely N-dealkylation sites (tertiary alicyclic amines) is 1. The first-order valence-corrected chi connectivity index (χ1v) is 12.9. The van der Waals surface area contributed by atoms with Crippen molar-refractivity contribution in [1.82, 2.24) is 14.8 Å². The third-order valence-corrected chi connectivity index (χ3v) is 7.81. The second kappa shape index (κ2) is 9.60. The van der Waals surface area contributed by atoms with E-state index in [4.69, 9.17) is 0 Å². The minimum Gasteiger partial charge on any atom is -0.389 e. The molecule has 34 heavy (non-hydrogen) atoms. The average Bonchev–Trinajstić information content (AvgIpc) is 3.14. The number of hydrogen-bond acceptors (Lipinski definition) is 6. The molecule has 4 rings (SSSR count). The molecule has 1 saturated carbocycles. The average molecular weight is 499 g/mol. The molecule has 6 nitrogen and oxygen atoms in total. The molecule has 0 aromatic carbocycles. The lowest BCUT2D eigenvalue weighted by molar-refractivity contribution is -0.138. The Kier molecular flexibility index (Phi) is 7.11. The van der Waals surface area contributed by atoms with Gasteiger partial charge in [0.1, 0.15) is 11.5 Å². The molecule has 3 heterocycles. The third-order valence-electron chi connectivity index (χ3n) is 6.67. The van der Waals surface area contributed by atoms with E-state index in [2.05, 4.69) is 10.3 Å². The SMILES string of the molecule is C[C@H]1CCN1C(=O)C1=C(c2cnc(NC3CCCCC3)cc2C(F)(F)F)SCN1CC(C)(C)O. The number of β-amino-alcohol motifs (C(OH)–C–C–N with tert-alkyl or cyclic N) is 1. The summed E-state index contributed by atoms with van der Waals surface area (Å²) in [7, 11) is 0. The van der Waals surface area contributed by atoms with Crippen molar-refractivity contribution in [2.45, 2.75) is 83.2 Å². The maximum atomic E-state index is 14.2. The minimum atomic E-state index is -4.60. The number of pyridine rings is 1. The number of rotatable bonds is 6. The van der Waals surface area contributed by atoms with Crippen molar-refractivity contribution in [3.05, 3.63) is 29.1 Å². The highest BCUT2D eigenvalue weighted by Gasteiger charge is 2.42. The zero-order chi connectivity index (χ0) is 24.7. The largest absolute Gasteiger partial charge is 0.417 e. The first kappa shape index (κ1) is 25.2. The predicted octanol–water partition coefficient (Wildman–Crippen LogP) is 4.91. The summed E-state index contributed by atoms with van der Waals surface area (Å²) in [5.41, 5.74) is -1.77. The van der Waals surface area contributed by atoms with Crippen LogP contribution in [0.5, 0.6) is 0 Å². The number of amides is 1. The Labute approximate surface area is 203 Å². The Morgan fingerprint density at radius 1 is 1.24 bits per heavy atom. The second-order valence-electron chi connectivity index (χ2n) is 10.2. The summed E-state index contributed by atoms with van der Waals surface area (Å²) in [4.78, 5) is 21.4. The summed E-state index contributed by atoms with van der Waals surface area (Å²) in [6.45, 7) is 5.89. The van der Waals surface area contributed by atoms with E-state index in [0.29, 0.717) is 12.4 Å². The third kappa shape index (κ3) is 5.48. The summed E-state index contributed by atoms with van der Waals surface area (Å²) in [6, 6.07) is 1.24. The fraction of sp³-hybridized carbons (Fsp3) is 0.667. The highest BCUT2D eigenvalue weighted by molar-refractivity contribution is 8.08. The van der Waals surface area contributed by atoms with Crippen LogP contribution in [0.3, 0.4) is 0 Å². The van der Waals surface area contributed by atoms with Gasteiger partial charge in [-0.2, -0.15) is 13.2 Å². The molecule has 0 bridgehead atoms. The van der Waals surface area contributed by atoms with Crippen LogP contribution in [0.15, 0.2) is 18.0 Å². The molecule has 0 unspecified atom stereocenters. The van der Waals surface area contributed by atoms with Gasteiger partial charge in [0.05, 0.1) is 17.0 Å². The summed E-state index contributed by atoms with van der Waals surface area (Å²) in [5.74, 6) is 0.215. The molecule has 1 aromatic rings. The van der Waals surface area contributed by atoms with Gasteiger partial charge in [0, 0.05) is 41.8 Å². The summed E-state index contributed by atoms with van der Waals surface area (Å²) < 4.78 is 42.7. The van der Waals surface area contributed by atoms with Gasteiger partial charge in [0.15, 0.2) is 0 Å². The van der Waals surface area contributed by atoms with Gasteiger partial charge >= 0.3 is 6.18 Å². The van der Waals surface area contributed by atoms with Crippen LogP contribution in [-0.4, -0.2) is 62.4 Å². The van der Waals surface area contributed by atoms with Crippen molar-refractivity contribution in [3.63, 3.8) is 0 Å². The van der Waals surface area contributed by atoms with Gasteiger partial charge in [-0.05, 0) is 46.1 Å². The minimum absolute atomic E-state index is 0.0399. The van der Waals surface area contributed by atoms with E-state index in [1.54, 1.807) is 23.6 Å². The molecule has 1 amide bonds. The van der Waals surface area contributed by atoms with E-state index < -0.39 is 17.3 Å². The predicted molar refractivity (Wildman–Crippen MR) is 128 cm³/mol. The molecule has 0 radical (unpaired) electrons. The topological polar surface area (TPSA) is 68.7 Å². The van der Waals surface area contributed by atoms with E-state index in [9.17, 15) is 23.1 Å². The Hall–Kier alpha value is -1.94. The Morgan fingerprint density at radius 2 is 1.94 bits per heavy atom. The zero-order valence-corrected chi connectivity index (χ0v) is 20.7. The Morgan fingerprint density at radius 3 is 2.50 bits per heavy atom. The van der Waals surface area contributed by atoms with Gasteiger partial charge in [0.25, 0.3) is 5.91 Å². The highest BCUT2D eigenvalue weighted by Crippen LogP contribution is 2.46. The monoisotopic (exact) mass is 498 g/mol. The lowest BCUT2D eigenvalue weighted by Gasteiger charge is -2.40. The molecule has 0 spiro atoms. The molecule has 3 aliphatic rings. The number of anilines is 1. The standard InChI is InChI=1S/C24H33F3N4O2S/c1-15-9-10-31(15)22(32)20-21(34-14-30(20)13-23(2,3)33)17-12-28-19(11-18(17)24(25,26)27)29-16-7-5-4-6-8-16/h11-12,15-16,33H,4-10,13-14H2,1-3H3,(H,28,29)/t15-/m0/s1. The van der Waals surface area contributed by atoms with Crippen molar-refractivity contribution >= 4 is 28.4 Å². The zero-order valence-electron chi connectivity index (χ0n) is 19.9. The molecular weight excluding hydrogens is 465 g/mol. The lowest BCUT2D eigenvalue weighted by atomic mass is 9.95. The first-order valence-electron chi connectivity index (χ1n) is 11.9. The molecule has 188 valence electrons. The number of nitrogens with zero attached hydrogens (tertiary/aromatic N) is 3. The quantitative estimate of drug-likeness (QED) is 0.581. The van der Waals surface area contributed by atoms with Crippen LogP contribution < -0.4 is 5.32 Å². The number of halogens is 3. The Bertz CT molecular complexity index is 955. The number of alkyl halides is 3. The number of nitrogens with one attached hydrogen (secondary N) is 1. The fourth-order valence-corrected chi connectivity index (χ4v) is 5.99. The van der Waals surface area contributed by atoms with Crippen molar-refractivity contribution < 1.29 is 23.1 Å². The maximum Gasteiger partial charge on any atom is 0.417 e. The smallest absolute Gasteiger partial charge is 0.389 e. The maximum absolute atomic E-state index is 14.2. The van der Waals surface area contributed by atoms with Crippen LogP contribution in [0, 0.1) is 0 Å². The van der Waals surface area contributed by atoms with Gasteiger partial charge in [-0.15, -0.1) is 11.8 Å². The molecule has 1 atom stereocenters. The van der Waals surface area contributed by atoms with E-state index in [1.165, 1.54) is 18.0 Å². The van der Waals surface area contributed by atoms with Crippen molar-refractivity contribution in [3.8, 4) is 0 Å². The molecule has 1 aromatic heterocycles. The molecule has 1 saturated heterocycles. The van der Waals surface area contributed by atoms with Crippen LogP contribution >= 0.6 is 11.8 Å². The number of hydrogen-bond donors (Lipinski definition) is 2. The summed E-state index contributed by atoms with van der Waals surface area (Å²) in [5, 5.41) is 13.5. The van der Waals surface area contributed by atoms with E-state index in [-0.39, 0.29) is 46.5 Å².